The molecule has 3 aromatic rings. The molecule has 5 nitrogen and oxygen atoms in total. The van der Waals surface area contributed by atoms with E-state index in [4.69, 9.17) is 11.6 Å². The van der Waals surface area contributed by atoms with Crippen LogP contribution in [0.5, 0.6) is 0 Å². The average molecular weight is 378 g/mol. The first kappa shape index (κ1) is 17.2. The van der Waals surface area contributed by atoms with Crippen LogP contribution in [0.2, 0.25) is 5.02 Å². The summed E-state index contributed by atoms with van der Waals surface area (Å²) >= 11 is 5.83. The molecule has 0 bridgehead atoms. The van der Waals surface area contributed by atoms with Gasteiger partial charge in [0.1, 0.15) is 11.6 Å². The Kier molecular flexibility index (Phi) is 4.87. The number of benzene rings is 2. The minimum atomic E-state index is -3.82. The van der Waals surface area contributed by atoms with Crippen LogP contribution in [0.25, 0.3) is 0 Å². The Morgan fingerprint density at radius 1 is 0.880 bits per heavy atom. The van der Waals surface area contributed by atoms with Crippen LogP contribution < -0.4 is 10.0 Å². The SMILES string of the molecule is O=S(=O)(Nc1ccc(Nc2ccc(Cl)cc2)cn1)c1ccc(F)cc1. The quantitative estimate of drug-likeness (QED) is 0.690. The molecule has 1 aromatic heterocycles. The minimum Gasteiger partial charge on any atom is -0.354 e. The Hall–Kier alpha value is -2.64. The number of nitrogens with one attached hydrogen (secondary N) is 2. The summed E-state index contributed by atoms with van der Waals surface area (Å²) in [7, 11) is -3.82. The molecule has 0 aliphatic rings. The van der Waals surface area contributed by atoms with Crippen molar-refractivity contribution in [1.82, 2.24) is 4.98 Å². The molecule has 0 radical (unpaired) electrons. The maximum atomic E-state index is 12.9. The predicted octanol–water partition coefficient (Wildman–Crippen LogP) is 4.42. The van der Waals surface area contributed by atoms with Crippen LogP contribution in [-0.2, 0) is 10.0 Å². The second-order valence-electron chi connectivity index (χ2n) is 5.12. The topological polar surface area (TPSA) is 71.1 Å². The number of nitrogens with zero attached hydrogens (tertiary/aromatic N) is 1. The van der Waals surface area contributed by atoms with Crippen molar-refractivity contribution in [2.45, 2.75) is 4.90 Å². The third kappa shape index (κ3) is 4.46. The summed E-state index contributed by atoms with van der Waals surface area (Å²) in [4.78, 5) is 4.03. The number of anilines is 3. The Morgan fingerprint density at radius 3 is 2.12 bits per heavy atom. The predicted molar refractivity (Wildman–Crippen MR) is 96.2 cm³/mol. The zero-order valence-electron chi connectivity index (χ0n) is 12.8. The summed E-state index contributed by atoms with van der Waals surface area (Å²) in [6, 6.07) is 14.9. The Bertz CT molecular complexity index is 960. The third-order valence-corrected chi connectivity index (χ3v) is 4.88. The van der Waals surface area contributed by atoms with Crippen LogP contribution >= 0.6 is 11.6 Å². The first-order valence-electron chi connectivity index (χ1n) is 7.19. The van der Waals surface area contributed by atoms with Gasteiger partial charge in [-0.15, -0.1) is 0 Å². The molecule has 0 fully saturated rings. The van der Waals surface area contributed by atoms with E-state index in [1.54, 1.807) is 18.2 Å². The van der Waals surface area contributed by atoms with Crippen LogP contribution in [0.4, 0.5) is 21.6 Å². The van der Waals surface area contributed by atoms with Gasteiger partial charge in [0.05, 0.1) is 16.8 Å². The van der Waals surface area contributed by atoms with E-state index in [2.05, 4.69) is 15.0 Å². The molecular weight excluding hydrogens is 365 g/mol. The highest BCUT2D eigenvalue weighted by molar-refractivity contribution is 7.92. The molecule has 8 heteroatoms. The lowest BCUT2D eigenvalue weighted by atomic mass is 10.3. The Balaban J connectivity index is 1.71. The van der Waals surface area contributed by atoms with Crippen LogP contribution in [0.3, 0.4) is 0 Å². The van der Waals surface area contributed by atoms with Gasteiger partial charge in [0.2, 0.25) is 0 Å². The van der Waals surface area contributed by atoms with Crippen LogP contribution in [-0.4, -0.2) is 13.4 Å². The van der Waals surface area contributed by atoms with E-state index in [1.807, 2.05) is 12.1 Å². The molecule has 1 heterocycles. The summed E-state index contributed by atoms with van der Waals surface area (Å²) in [5, 5.41) is 3.75. The highest BCUT2D eigenvalue weighted by atomic mass is 35.5. The van der Waals surface area contributed by atoms with Crippen molar-refractivity contribution in [2.24, 2.45) is 0 Å². The van der Waals surface area contributed by atoms with Crippen molar-refractivity contribution in [2.75, 3.05) is 10.0 Å². The molecule has 0 unspecified atom stereocenters. The van der Waals surface area contributed by atoms with E-state index < -0.39 is 15.8 Å². The number of hydrogen-bond donors (Lipinski definition) is 2. The lowest BCUT2D eigenvalue weighted by Gasteiger charge is -2.09. The van der Waals surface area contributed by atoms with Gasteiger partial charge in [-0.05, 0) is 60.7 Å². The average Bonchev–Trinajstić information content (AvgIpc) is 2.59. The molecule has 0 aliphatic carbocycles. The molecule has 0 saturated carbocycles. The molecule has 25 heavy (non-hydrogen) atoms. The zero-order valence-corrected chi connectivity index (χ0v) is 14.4. The number of hydrogen-bond acceptors (Lipinski definition) is 4. The maximum Gasteiger partial charge on any atom is 0.263 e. The van der Waals surface area contributed by atoms with Gasteiger partial charge in [0.25, 0.3) is 10.0 Å². The summed E-state index contributed by atoms with van der Waals surface area (Å²) in [6.07, 6.45) is 1.50. The fraction of sp³-hybridized carbons (Fsp3) is 0. The third-order valence-electron chi connectivity index (χ3n) is 3.26. The highest BCUT2D eigenvalue weighted by Gasteiger charge is 2.14. The van der Waals surface area contributed by atoms with E-state index in [1.165, 1.54) is 24.4 Å². The molecule has 0 spiro atoms. The van der Waals surface area contributed by atoms with Crippen molar-refractivity contribution in [3.8, 4) is 0 Å². The van der Waals surface area contributed by atoms with E-state index in [0.29, 0.717) is 10.7 Å². The highest BCUT2D eigenvalue weighted by Crippen LogP contribution is 2.20. The molecule has 0 atom stereocenters. The van der Waals surface area contributed by atoms with Crippen molar-refractivity contribution in [1.29, 1.82) is 0 Å². The van der Waals surface area contributed by atoms with Crippen molar-refractivity contribution < 1.29 is 12.8 Å². The number of halogens is 2. The lowest BCUT2D eigenvalue weighted by Crippen LogP contribution is -2.13. The summed E-state index contributed by atoms with van der Waals surface area (Å²) in [6.45, 7) is 0. The minimum absolute atomic E-state index is 0.0425. The van der Waals surface area contributed by atoms with Gasteiger partial charge in [-0.25, -0.2) is 17.8 Å². The molecule has 2 N–H and O–H groups in total. The number of sulfonamides is 1. The number of rotatable bonds is 5. The Labute approximate surface area is 149 Å². The fourth-order valence-corrected chi connectivity index (χ4v) is 3.17. The summed E-state index contributed by atoms with van der Waals surface area (Å²) in [5.74, 6) is -0.347. The van der Waals surface area contributed by atoms with E-state index in [0.717, 1.165) is 17.8 Å². The molecule has 0 saturated heterocycles. The zero-order chi connectivity index (χ0) is 17.9. The van der Waals surface area contributed by atoms with Crippen molar-refractivity contribution in [3.63, 3.8) is 0 Å². The number of pyridine rings is 1. The van der Waals surface area contributed by atoms with Gasteiger partial charge in [0.15, 0.2) is 0 Å². The fourth-order valence-electron chi connectivity index (χ4n) is 2.04. The molecule has 128 valence electrons. The van der Waals surface area contributed by atoms with Gasteiger partial charge in [-0.1, -0.05) is 11.6 Å². The summed E-state index contributed by atoms with van der Waals surface area (Å²) < 4.78 is 39.7. The van der Waals surface area contributed by atoms with Crippen molar-refractivity contribution in [3.05, 3.63) is 77.7 Å². The van der Waals surface area contributed by atoms with Crippen LogP contribution in [0, 0.1) is 5.82 Å². The lowest BCUT2D eigenvalue weighted by molar-refractivity contribution is 0.599. The largest absolute Gasteiger partial charge is 0.354 e. The smallest absolute Gasteiger partial charge is 0.263 e. The second-order valence-corrected chi connectivity index (χ2v) is 7.24. The first-order valence-corrected chi connectivity index (χ1v) is 9.05. The van der Waals surface area contributed by atoms with E-state index in [-0.39, 0.29) is 10.7 Å². The monoisotopic (exact) mass is 377 g/mol. The summed E-state index contributed by atoms with van der Waals surface area (Å²) in [5.41, 5.74) is 1.51. The molecule has 0 amide bonds. The van der Waals surface area contributed by atoms with Gasteiger partial charge < -0.3 is 5.32 Å². The van der Waals surface area contributed by atoms with Gasteiger partial charge in [0, 0.05) is 10.7 Å². The molecule has 2 aromatic carbocycles. The van der Waals surface area contributed by atoms with Crippen LogP contribution in [0.15, 0.2) is 71.8 Å². The first-order chi connectivity index (χ1) is 11.9. The van der Waals surface area contributed by atoms with E-state index in [9.17, 15) is 12.8 Å². The van der Waals surface area contributed by atoms with Gasteiger partial charge in [-0.2, -0.15) is 0 Å². The van der Waals surface area contributed by atoms with Crippen molar-refractivity contribution >= 4 is 38.8 Å². The second kappa shape index (κ2) is 7.08. The molecule has 3 rings (SSSR count). The van der Waals surface area contributed by atoms with E-state index >= 15 is 0 Å². The molecular formula is C17H13ClFN3O2S. The Morgan fingerprint density at radius 2 is 1.52 bits per heavy atom. The standard InChI is InChI=1S/C17H13ClFN3O2S/c18-12-1-5-14(6-2-12)21-15-7-10-17(20-11-15)22-25(23,24)16-8-3-13(19)4-9-16/h1-11,21H,(H,20,22). The maximum absolute atomic E-state index is 12.9. The van der Waals surface area contributed by atoms with Crippen LogP contribution in [0.1, 0.15) is 0 Å². The molecule has 0 aliphatic heterocycles. The van der Waals surface area contributed by atoms with Gasteiger partial charge >= 0.3 is 0 Å². The number of aromatic nitrogens is 1. The van der Waals surface area contributed by atoms with Gasteiger partial charge in [-0.3, -0.25) is 4.72 Å². The normalized spacial score (nSPS) is 11.1.